The summed E-state index contributed by atoms with van der Waals surface area (Å²) in [6.07, 6.45) is -0.528. The maximum Gasteiger partial charge on any atom is 0.336 e. The van der Waals surface area contributed by atoms with Gasteiger partial charge in [-0.15, -0.1) is 11.3 Å². The summed E-state index contributed by atoms with van der Waals surface area (Å²) in [5.74, 6) is -0.341. The molecule has 9 heteroatoms. The summed E-state index contributed by atoms with van der Waals surface area (Å²) in [6.45, 7) is 4.85. The van der Waals surface area contributed by atoms with Crippen molar-refractivity contribution in [3.05, 3.63) is 35.2 Å². The Morgan fingerprint density at radius 2 is 2.03 bits per heavy atom. The van der Waals surface area contributed by atoms with Gasteiger partial charge in [0.05, 0.1) is 12.6 Å². The van der Waals surface area contributed by atoms with Gasteiger partial charge in [0.15, 0.2) is 0 Å². The lowest BCUT2D eigenvalue weighted by Crippen LogP contribution is -2.75. The Hall–Kier alpha value is -2.65. The second-order valence-corrected chi connectivity index (χ2v) is 8.42. The molecule has 29 heavy (non-hydrogen) atoms. The number of fused-ring (bicyclic) bond motifs is 2. The molecule has 0 spiro atoms. The average Bonchev–Trinajstić information content (AvgIpc) is 3.09. The lowest BCUT2D eigenvalue weighted by Gasteiger charge is -2.52. The van der Waals surface area contributed by atoms with Crippen LogP contribution < -0.4 is 5.32 Å². The fourth-order valence-electron chi connectivity index (χ4n) is 4.12. The van der Waals surface area contributed by atoms with Gasteiger partial charge in [-0.2, -0.15) is 0 Å². The first-order chi connectivity index (χ1) is 13.9. The molecule has 1 aromatic carbocycles. The SMILES string of the molecule is CCN(Cc1csc2ccccc12)C(=O)N1C2C(C)NC(=O)CN2C(=O)CN1C. The van der Waals surface area contributed by atoms with Crippen LogP contribution in [0, 0.1) is 0 Å². The highest BCUT2D eigenvalue weighted by molar-refractivity contribution is 7.17. The van der Waals surface area contributed by atoms with E-state index in [1.54, 1.807) is 33.3 Å². The Kier molecular flexibility index (Phi) is 5.18. The smallest absolute Gasteiger partial charge is 0.336 e. The molecule has 2 fully saturated rings. The number of hydrazine groups is 1. The number of amides is 4. The Balaban J connectivity index is 1.61. The summed E-state index contributed by atoms with van der Waals surface area (Å²) in [5.41, 5.74) is 1.11. The predicted octanol–water partition coefficient (Wildman–Crippen LogP) is 1.68. The summed E-state index contributed by atoms with van der Waals surface area (Å²) < 4.78 is 1.20. The molecule has 1 N–H and O–H groups in total. The van der Waals surface area contributed by atoms with Crippen LogP contribution in [0.3, 0.4) is 0 Å². The Morgan fingerprint density at radius 1 is 1.28 bits per heavy atom. The molecule has 2 unspecified atom stereocenters. The molecular formula is C20H25N5O3S. The Morgan fingerprint density at radius 3 is 2.79 bits per heavy atom. The monoisotopic (exact) mass is 415 g/mol. The van der Waals surface area contributed by atoms with Gasteiger partial charge >= 0.3 is 6.03 Å². The van der Waals surface area contributed by atoms with Crippen molar-refractivity contribution in [2.24, 2.45) is 0 Å². The molecule has 0 radical (unpaired) electrons. The number of carbonyl (C=O) groups is 3. The van der Waals surface area contributed by atoms with Crippen LogP contribution in [-0.2, 0) is 16.1 Å². The first-order valence-corrected chi connectivity index (χ1v) is 10.6. The Labute approximate surface area is 173 Å². The third-order valence-electron chi connectivity index (χ3n) is 5.54. The molecule has 0 bridgehead atoms. The fourth-order valence-corrected chi connectivity index (χ4v) is 5.07. The van der Waals surface area contributed by atoms with Crippen LogP contribution in [0.1, 0.15) is 19.4 Å². The second kappa shape index (κ2) is 7.64. The normalized spacial score (nSPS) is 22.6. The molecule has 0 saturated carbocycles. The summed E-state index contributed by atoms with van der Waals surface area (Å²) in [5, 5.41) is 9.39. The minimum atomic E-state index is -0.528. The Bertz CT molecular complexity index is 960. The van der Waals surface area contributed by atoms with Gasteiger partial charge in [-0.3, -0.25) is 9.59 Å². The molecule has 8 nitrogen and oxygen atoms in total. The van der Waals surface area contributed by atoms with Crippen LogP contribution in [-0.4, -0.2) is 76.6 Å². The molecule has 2 aliphatic rings. The number of nitrogens with zero attached hydrogens (tertiary/aromatic N) is 4. The average molecular weight is 416 g/mol. The molecule has 4 rings (SSSR count). The van der Waals surface area contributed by atoms with Gasteiger partial charge < -0.3 is 15.1 Å². The summed E-state index contributed by atoms with van der Waals surface area (Å²) in [4.78, 5) is 41.3. The van der Waals surface area contributed by atoms with Crippen molar-refractivity contribution in [3.8, 4) is 0 Å². The first kappa shape index (κ1) is 19.7. The van der Waals surface area contributed by atoms with Crippen molar-refractivity contribution in [1.82, 2.24) is 25.1 Å². The maximum absolute atomic E-state index is 13.6. The van der Waals surface area contributed by atoms with Crippen molar-refractivity contribution < 1.29 is 14.4 Å². The third-order valence-corrected chi connectivity index (χ3v) is 6.55. The van der Waals surface area contributed by atoms with Gasteiger partial charge in [0.1, 0.15) is 12.7 Å². The molecule has 3 heterocycles. The van der Waals surface area contributed by atoms with Crippen molar-refractivity contribution in [2.75, 3.05) is 26.7 Å². The number of carbonyl (C=O) groups excluding carboxylic acids is 3. The molecular weight excluding hydrogens is 390 g/mol. The van der Waals surface area contributed by atoms with E-state index >= 15 is 0 Å². The van der Waals surface area contributed by atoms with E-state index in [1.165, 1.54) is 9.60 Å². The lowest BCUT2D eigenvalue weighted by atomic mass is 10.1. The van der Waals surface area contributed by atoms with Gasteiger partial charge in [-0.25, -0.2) is 14.8 Å². The molecule has 154 valence electrons. The van der Waals surface area contributed by atoms with E-state index < -0.39 is 6.17 Å². The third kappa shape index (κ3) is 3.44. The van der Waals surface area contributed by atoms with Crippen LogP contribution in [0.25, 0.3) is 10.1 Å². The zero-order valence-electron chi connectivity index (χ0n) is 16.8. The zero-order chi connectivity index (χ0) is 20.7. The van der Waals surface area contributed by atoms with E-state index in [9.17, 15) is 14.4 Å². The van der Waals surface area contributed by atoms with Crippen LogP contribution in [0.5, 0.6) is 0 Å². The fraction of sp³-hybridized carbons (Fsp3) is 0.450. The molecule has 1 aromatic heterocycles. The lowest BCUT2D eigenvalue weighted by molar-refractivity contribution is -0.175. The molecule has 2 aliphatic heterocycles. The van der Waals surface area contributed by atoms with Crippen molar-refractivity contribution in [1.29, 1.82) is 0 Å². The minimum Gasteiger partial charge on any atom is -0.348 e. The van der Waals surface area contributed by atoms with Crippen LogP contribution in [0.15, 0.2) is 29.6 Å². The number of hydrogen-bond donors (Lipinski definition) is 1. The summed E-state index contributed by atoms with van der Waals surface area (Å²) >= 11 is 1.67. The molecule has 2 atom stereocenters. The molecule has 2 saturated heterocycles. The van der Waals surface area contributed by atoms with Crippen molar-refractivity contribution >= 4 is 39.3 Å². The molecule has 0 aliphatic carbocycles. The van der Waals surface area contributed by atoms with E-state index in [-0.39, 0.29) is 37.0 Å². The molecule has 4 amide bonds. The van der Waals surface area contributed by atoms with Gasteiger partial charge in [-0.1, -0.05) is 18.2 Å². The zero-order valence-corrected chi connectivity index (χ0v) is 17.6. The number of hydrogen-bond acceptors (Lipinski definition) is 5. The van der Waals surface area contributed by atoms with Gasteiger partial charge in [-0.05, 0) is 36.2 Å². The van der Waals surface area contributed by atoms with Gasteiger partial charge in [0, 0.05) is 24.8 Å². The van der Waals surface area contributed by atoms with Crippen molar-refractivity contribution in [3.63, 3.8) is 0 Å². The number of thiophene rings is 1. The topological polar surface area (TPSA) is 76.2 Å². The number of benzene rings is 1. The summed E-state index contributed by atoms with van der Waals surface area (Å²) in [6, 6.07) is 7.65. The highest BCUT2D eigenvalue weighted by atomic mass is 32.1. The number of likely N-dealkylation sites (N-methyl/N-ethyl adjacent to an activating group) is 1. The summed E-state index contributed by atoms with van der Waals surface area (Å²) in [7, 11) is 1.74. The van der Waals surface area contributed by atoms with Crippen LogP contribution >= 0.6 is 11.3 Å². The standard InChI is InChI=1S/C20H25N5O3S/c1-4-23(9-14-12-29-16-8-6-5-7-15(14)16)20(28)25-19-13(2)21-17(26)10-24(19)18(27)11-22(25)3/h5-8,12-13,19H,4,9-11H2,1-3H3,(H,21,26). The number of urea groups is 1. The second-order valence-electron chi connectivity index (χ2n) is 7.51. The van der Waals surface area contributed by atoms with E-state index in [4.69, 9.17) is 0 Å². The molecule has 2 aromatic rings. The minimum absolute atomic E-state index is 0.0211. The van der Waals surface area contributed by atoms with E-state index in [2.05, 4.69) is 22.8 Å². The first-order valence-electron chi connectivity index (χ1n) is 9.73. The van der Waals surface area contributed by atoms with Crippen molar-refractivity contribution in [2.45, 2.75) is 32.6 Å². The van der Waals surface area contributed by atoms with E-state index in [0.29, 0.717) is 13.1 Å². The predicted molar refractivity (Wildman–Crippen MR) is 111 cm³/mol. The number of nitrogens with one attached hydrogen (secondary N) is 1. The quantitative estimate of drug-likeness (QED) is 0.828. The van der Waals surface area contributed by atoms with Crippen LogP contribution in [0.4, 0.5) is 4.79 Å². The van der Waals surface area contributed by atoms with Gasteiger partial charge in [0.25, 0.3) is 0 Å². The van der Waals surface area contributed by atoms with E-state index in [1.807, 2.05) is 26.0 Å². The highest BCUT2D eigenvalue weighted by Crippen LogP contribution is 2.28. The highest BCUT2D eigenvalue weighted by Gasteiger charge is 2.47. The van der Waals surface area contributed by atoms with Crippen LogP contribution in [0.2, 0.25) is 0 Å². The largest absolute Gasteiger partial charge is 0.348 e. The van der Waals surface area contributed by atoms with Gasteiger partial charge in [0.2, 0.25) is 11.8 Å². The maximum atomic E-state index is 13.6. The number of piperazine rings is 1. The van der Waals surface area contributed by atoms with E-state index in [0.717, 1.165) is 10.9 Å². The number of rotatable bonds is 3.